The third-order valence-corrected chi connectivity index (χ3v) is 5.12. The minimum atomic E-state index is 0.149. The molecule has 2 aromatic carbocycles. The van der Waals surface area contributed by atoms with Crippen LogP contribution in [0.5, 0.6) is 0 Å². The third kappa shape index (κ3) is 3.57. The first-order chi connectivity index (χ1) is 11.7. The van der Waals surface area contributed by atoms with Gasteiger partial charge in [0.1, 0.15) is 0 Å². The van der Waals surface area contributed by atoms with Gasteiger partial charge in [-0.15, -0.1) is 11.3 Å². The fraction of sp³-hybridized carbons (Fsp3) is 0.190. The Morgan fingerprint density at radius 1 is 1.04 bits per heavy atom. The van der Waals surface area contributed by atoms with Gasteiger partial charge in [-0.25, -0.2) is 0 Å². The monoisotopic (exact) mass is 335 g/mol. The second-order valence-corrected chi connectivity index (χ2v) is 6.71. The molecule has 0 unspecified atom stereocenters. The molecule has 0 aliphatic heterocycles. The van der Waals surface area contributed by atoms with E-state index in [1.807, 2.05) is 42.2 Å². The van der Waals surface area contributed by atoms with Gasteiger partial charge in [0.2, 0.25) is 5.91 Å². The summed E-state index contributed by atoms with van der Waals surface area (Å²) in [7, 11) is 0. The Labute approximate surface area is 147 Å². The summed E-state index contributed by atoms with van der Waals surface area (Å²) in [6, 6.07) is 20.7. The van der Waals surface area contributed by atoms with Crippen LogP contribution in [0.1, 0.15) is 24.5 Å². The van der Waals surface area contributed by atoms with Crippen molar-refractivity contribution in [2.45, 2.75) is 26.8 Å². The summed E-state index contributed by atoms with van der Waals surface area (Å²) in [6.07, 6.45) is 0.502. The van der Waals surface area contributed by atoms with Crippen LogP contribution in [-0.4, -0.2) is 5.91 Å². The van der Waals surface area contributed by atoms with E-state index in [1.165, 1.54) is 21.6 Å². The van der Waals surface area contributed by atoms with Crippen molar-refractivity contribution in [3.8, 4) is 10.4 Å². The van der Waals surface area contributed by atoms with Gasteiger partial charge < -0.3 is 4.90 Å². The lowest BCUT2D eigenvalue weighted by Crippen LogP contribution is -2.29. The van der Waals surface area contributed by atoms with Crippen molar-refractivity contribution in [3.63, 3.8) is 0 Å². The van der Waals surface area contributed by atoms with E-state index in [2.05, 4.69) is 42.6 Å². The summed E-state index contributed by atoms with van der Waals surface area (Å²) >= 11 is 1.68. The van der Waals surface area contributed by atoms with Crippen molar-refractivity contribution < 1.29 is 4.79 Å². The number of amides is 1. The van der Waals surface area contributed by atoms with E-state index in [1.54, 1.807) is 11.3 Å². The van der Waals surface area contributed by atoms with Crippen LogP contribution in [0, 0.1) is 6.92 Å². The van der Waals surface area contributed by atoms with Gasteiger partial charge in [-0.2, -0.15) is 0 Å². The molecule has 1 aromatic heterocycles. The Kier molecular flexibility index (Phi) is 5.11. The van der Waals surface area contributed by atoms with E-state index in [4.69, 9.17) is 0 Å². The van der Waals surface area contributed by atoms with Crippen molar-refractivity contribution in [1.82, 2.24) is 0 Å². The van der Waals surface area contributed by atoms with E-state index in [0.717, 1.165) is 5.69 Å². The van der Waals surface area contributed by atoms with Crippen LogP contribution in [0.3, 0.4) is 0 Å². The molecule has 1 amide bonds. The minimum Gasteiger partial charge on any atom is -0.307 e. The van der Waals surface area contributed by atoms with Gasteiger partial charge in [-0.3, -0.25) is 4.79 Å². The fourth-order valence-corrected chi connectivity index (χ4v) is 3.60. The lowest BCUT2D eigenvalue weighted by Gasteiger charge is -2.22. The first kappa shape index (κ1) is 16.5. The molecule has 0 spiro atoms. The van der Waals surface area contributed by atoms with Crippen molar-refractivity contribution in [2.24, 2.45) is 0 Å². The maximum Gasteiger partial charge on any atom is 0.227 e. The lowest BCUT2D eigenvalue weighted by atomic mass is 10.1. The Morgan fingerprint density at radius 2 is 1.75 bits per heavy atom. The highest BCUT2D eigenvalue weighted by molar-refractivity contribution is 7.14. The topological polar surface area (TPSA) is 20.3 Å². The Morgan fingerprint density at radius 3 is 2.46 bits per heavy atom. The summed E-state index contributed by atoms with van der Waals surface area (Å²) < 4.78 is 0. The number of carbonyl (C=O) groups is 1. The molecule has 0 saturated heterocycles. The smallest absolute Gasteiger partial charge is 0.227 e. The van der Waals surface area contributed by atoms with E-state index in [0.29, 0.717) is 13.0 Å². The molecule has 0 saturated carbocycles. The molecule has 122 valence electrons. The molecular formula is C21H21NOS. The molecule has 3 aromatic rings. The molecule has 2 nitrogen and oxygen atoms in total. The standard InChI is InChI=1S/C21H21NOS/c1-3-21(23)22(14-18-12-8-7-9-16(18)2)19-13-20(24-15-19)17-10-5-4-6-11-17/h4-13,15H,3,14H2,1-2H3. The maximum atomic E-state index is 12.5. The van der Waals surface area contributed by atoms with Gasteiger partial charge in [-0.1, -0.05) is 61.5 Å². The molecule has 0 bridgehead atoms. The maximum absolute atomic E-state index is 12.5. The Hall–Kier alpha value is -2.39. The number of nitrogens with zero attached hydrogens (tertiary/aromatic N) is 1. The summed E-state index contributed by atoms with van der Waals surface area (Å²) in [5.74, 6) is 0.149. The van der Waals surface area contributed by atoms with E-state index in [9.17, 15) is 4.79 Å². The van der Waals surface area contributed by atoms with E-state index >= 15 is 0 Å². The van der Waals surface area contributed by atoms with Gasteiger partial charge in [-0.05, 0) is 29.7 Å². The number of aryl methyl sites for hydroxylation is 1. The summed E-state index contributed by atoms with van der Waals surface area (Å²) in [5.41, 5.74) is 4.57. The number of hydrogen-bond acceptors (Lipinski definition) is 2. The number of anilines is 1. The SMILES string of the molecule is CCC(=O)N(Cc1ccccc1C)c1csc(-c2ccccc2)c1. The average molecular weight is 335 g/mol. The van der Waals surface area contributed by atoms with Crippen LogP contribution in [0.2, 0.25) is 0 Å². The Balaban J connectivity index is 1.91. The number of rotatable bonds is 5. The van der Waals surface area contributed by atoms with Gasteiger partial charge in [0.25, 0.3) is 0 Å². The largest absolute Gasteiger partial charge is 0.307 e. The summed E-state index contributed by atoms with van der Waals surface area (Å²) in [6.45, 7) is 4.62. The zero-order chi connectivity index (χ0) is 16.9. The van der Waals surface area contributed by atoms with Crippen LogP contribution < -0.4 is 4.90 Å². The third-order valence-electron chi connectivity index (χ3n) is 4.15. The molecule has 0 fully saturated rings. The van der Waals surface area contributed by atoms with Crippen LogP contribution in [0.15, 0.2) is 66.0 Å². The zero-order valence-electron chi connectivity index (χ0n) is 14.0. The summed E-state index contributed by atoms with van der Waals surface area (Å²) in [4.78, 5) is 15.6. The van der Waals surface area contributed by atoms with Crippen molar-refractivity contribution in [1.29, 1.82) is 0 Å². The van der Waals surface area contributed by atoms with Gasteiger partial charge in [0.15, 0.2) is 0 Å². The molecular weight excluding hydrogens is 314 g/mol. The number of carbonyl (C=O) groups excluding carboxylic acids is 1. The first-order valence-electron chi connectivity index (χ1n) is 8.18. The molecule has 3 rings (SSSR count). The van der Waals surface area contributed by atoms with E-state index < -0.39 is 0 Å². The number of benzene rings is 2. The number of thiophene rings is 1. The van der Waals surface area contributed by atoms with Crippen LogP contribution >= 0.6 is 11.3 Å². The van der Waals surface area contributed by atoms with Crippen molar-refractivity contribution in [3.05, 3.63) is 77.2 Å². The highest BCUT2D eigenvalue weighted by atomic mass is 32.1. The quantitative estimate of drug-likeness (QED) is 0.588. The molecule has 0 atom stereocenters. The first-order valence-corrected chi connectivity index (χ1v) is 9.06. The zero-order valence-corrected chi connectivity index (χ0v) is 14.8. The van der Waals surface area contributed by atoms with Gasteiger partial charge >= 0.3 is 0 Å². The highest BCUT2D eigenvalue weighted by Gasteiger charge is 2.17. The number of hydrogen-bond donors (Lipinski definition) is 0. The second kappa shape index (κ2) is 7.45. The normalized spacial score (nSPS) is 10.6. The molecule has 3 heteroatoms. The Bertz CT molecular complexity index is 823. The predicted molar refractivity (Wildman–Crippen MR) is 102 cm³/mol. The van der Waals surface area contributed by atoms with Gasteiger partial charge in [0.05, 0.1) is 12.2 Å². The van der Waals surface area contributed by atoms with Crippen LogP contribution in [0.4, 0.5) is 5.69 Å². The van der Waals surface area contributed by atoms with Crippen molar-refractivity contribution in [2.75, 3.05) is 4.90 Å². The molecule has 0 aliphatic rings. The van der Waals surface area contributed by atoms with Gasteiger partial charge in [0, 0.05) is 16.7 Å². The molecule has 0 radical (unpaired) electrons. The molecule has 1 heterocycles. The lowest BCUT2D eigenvalue weighted by molar-refractivity contribution is -0.118. The van der Waals surface area contributed by atoms with Crippen LogP contribution in [0.25, 0.3) is 10.4 Å². The fourth-order valence-electron chi connectivity index (χ4n) is 2.69. The molecule has 0 N–H and O–H groups in total. The average Bonchev–Trinajstić information content (AvgIpc) is 3.11. The van der Waals surface area contributed by atoms with E-state index in [-0.39, 0.29) is 5.91 Å². The molecule has 0 aliphatic carbocycles. The second-order valence-electron chi connectivity index (χ2n) is 5.80. The molecule has 24 heavy (non-hydrogen) atoms. The minimum absolute atomic E-state index is 0.149. The van der Waals surface area contributed by atoms with Crippen LogP contribution in [-0.2, 0) is 11.3 Å². The predicted octanol–water partition coefficient (Wildman–Crippen LogP) is 5.67. The highest BCUT2D eigenvalue weighted by Crippen LogP contribution is 2.32. The van der Waals surface area contributed by atoms with Crippen molar-refractivity contribution >= 4 is 22.9 Å². The summed E-state index contributed by atoms with van der Waals surface area (Å²) in [5, 5.41) is 2.08.